The number of amides is 1. The van der Waals surface area contributed by atoms with E-state index >= 15 is 0 Å². The number of phenolic OH excluding ortho intramolecular Hbond substituents is 1. The molecule has 0 unspecified atom stereocenters. The second-order valence-corrected chi connectivity index (χ2v) is 4.54. The Morgan fingerprint density at radius 3 is 2.52 bits per heavy atom. The van der Waals surface area contributed by atoms with Crippen molar-refractivity contribution >= 4 is 11.6 Å². The van der Waals surface area contributed by atoms with E-state index in [9.17, 15) is 9.90 Å². The average molecular weight is 279 g/mol. The number of carbonyl (C=O) groups excluding carboxylic acids is 1. The minimum atomic E-state index is -0.223. The van der Waals surface area contributed by atoms with E-state index in [2.05, 4.69) is 15.5 Å². The molecule has 1 amide bonds. The third-order valence-electron chi connectivity index (χ3n) is 3.12. The SMILES string of the molecule is O=C(Nc1ccc(-c2ccccc2O)cc1)c1cn[nH]c1. The maximum Gasteiger partial charge on any atom is 0.258 e. The van der Waals surface area contributed by atoms with E-state index in [0.29, 0.717) is 11.3 Å². The highest BCUT2D eigenvalue weighted by atomic mass is 16.3. The van der Waals surface area contributed by atoms with Crippen molar-refractivity contribution in [3.63, 3.8) is 0 Å². The Bertz CT molecular complexity index is 749. The fourth-order valence-corrected chi connectivity index (χ4v) is 2.03. The molecular formula is C16H13N3O2. The van der Waals surface area contributed by atoms with Gasteiger partial charge in [-0.3, -0.25) is 9.89 Å². The normalized spacial score (nSPS) is 10.3. The highest BCUT2D eigenvalue weighted by Crippen LogP contribution is 2.29. The number of anilines is 1. The van der Waals surface area contributed by atoms with Crippen LogP contribution < -0.4 is 5.32 Å². The summed E-state index contributed by atoms with van der Waals surface area (Å²) in [6.07, 6.45) is 3.00. The second-order valence-electron chi connectivity index (χ2n) is 4.54. The van der Waals surface area contributed by atoms with E-state index in [4.69, 9.17) is 0 Å². The average Bonchev–Trinajstić information content (AvgIpc) is 3.03. The molecule has 0 aliphatic carbocycles. The Morgan fingerprint density at radius 1 is 1.10 bits per heavy atom. The summed E-state index contributed by atoms with van der Waals surface area (Å²) in [5.74, 6) is 0.00624. The van der Waals surface area contributed by atoms with Crippen molar-refractivity contribution in [3.05, 3.63) is 66.5 Å². The number of aromatic hydroxyl groups is 1. The van der Waals surface area contributed by atoms with Crippen molar-refractivity contribution in [1.29, 1.82) is 0 Å². The molecule has 2 aromatic carbocycles. The molecular weight excluding hydrogens is 266 g/mol. The summed E-state index contributed by atoms with van der Waals surface area (Å²) in [5, 5.41) is 18.9. The third kappa shape index (κ3) is 2.76. The minimum absolute atomic E-state index is 0.223. The van der Waals surface area contributed by atoms with Gasteiger partial charge in [0.1, 0.15) is 5.75 Å². The number of aromatic amines is 1. The molecule has 0 saturated heterocycles. The first-order valence-electron chi connectivity index (χ1n) is 6.42. The number of phenols is 1. The van der Waals surface area contributed by atoms with Gasteiger partial charge in [-0.2, -0.15) is 5.10 Å². The van der Waals surface area contributed by atoms with Crippen LogP contribution in [0.4, 0.5) is 5.69 Å². The minimum Gasteiger partial charge on any atom is -0.507 e. The largest absolute Gasteiger partial charge is 0.507 e. The molecule has 0 fully saturated rings. The van der Waals surface area contributed by atoms with Gasteiger partial charge >= 0.3 is 0 Å². The van der Waals surface area contributed by atoms with Gasteiger partial charge in [-0.1, -0.05) is 30.3 Å². The number of hydrogen-bond acceptors (Lipinski definition) is 3. The van der Waals surface area contributed by atoms with Crippen LogP contribution in [0, 0.1) is 0 Å². The lowest BCUT2D eigenvalue weighted by Crippen LogP contribution is -2.10. The maximum atomic E-state index is 11.9. The Morgan fingerprint density at radius 2 is 1.86 bits per heavy atom. The van der Waals surface area contributed by atoms with Crippen LogP contribution >= 0.6 is 0 Å². The van der Waals surface area contributed by atoms with Gasteiger partial charge in [-0.25, -0.2) is 0 Å². The van der Waals surface area contributed by atoms with Crippen LogP contribution in [0.15, 0.2) is 60.9 Å². The highest BCUT2D eigenvalue weighted by molar-refractivity contribution is 6.04. The van der Waals surface area contributed by atoms with Gasteiger partial charge in [0, 0.05) is 17.4 Å². The predicted molar refractivity (Wildman–Crippen MR) is 80.1 cm³/mol. The Labute approximate surface area is 121 Å². The number of carbonyl (C=O) groups is 1. The summed E-state index contributed by atoms with van der Waals surface area (Å²) >= 11 is 0. The molecule has 5 nitrogen and oxygen atoms in total. The first-order valence-corrected chi connectivity index (χ1v) is 6.42. The molecule has 0 saturated carbocycles. The predicted octanol–water partition coefficient (Wildman–Crippen LogP) is 3.03. The number of nitrogens with zero attached hydrogens (tertiary/aromatic N) is 1. The van der Waals surface area contributed by atoms with Crippen LogP contribution in [-0.4, -0.2) is 21.2 Å². The molecule has 0 aliphatic heterocycles. The van der Waals surface area contributed by atoms with Crippen molar-refractivity contribution in [2.75, 3.05) is 5.32 Å². The second kappa shape index (κ2) is 5.50. The smallest absolute Gasteiger partial charge is 0.258 e. The fraction of sp³-hybridized carbons (Fsp3) is 0. The molecule has 0 radical (unpaired) electrons. The van der Waals surface area contributed by atoms with E-state index in [1.807, 2.05) is 24.3 Å². The summed E-state index contributed by atoms with van der Waals surface area (Å²) in [4.78, 5) is 11.9. The number of hydrogen-bond donors (Lipinski definition) is 3. The van der Waals surface area contributed by atoms with Crippen molar-refractivity contribution in [3.8, 4) is 16.9 Å². The standard InChI is InChI=1S/C16H13N3O2/c20-15-4-2-1-3-14(15)11-5-7-13(8-6-11)19-16(21)12-9-17-18-10-12/h1-10,20H,(H,17,18)(H,19,21). The molecule has 1 aromatic heterocycles. The zero-order valence-corrected chi connectivity index (χ0v) is 11.1. The lowest BCUT2D eigenvalue weighted by Gasteiger charge is -2.07. The Hall–Kier alpha value is -3.08. The molecule has 104 valence electrons. The Balaban J connectivity index is 1.79. The number of nitrogens with one attached hydrogen (secondary N) is 2. The molecule has 0 spiro atoms. The van der Waals surface area contributed by atoms with Crippen LogP contribution in [0.3, 0.4) is 0 Å². The van der Waals surface area contributed by atoms with E-state index in [-0.39, 0.29) is 11.7 Å². The van der Waals surface area contributed by atoms with Crippen LogP contribution in [0.25, 0.3) is 11.1 Å². The Kier molecular flexibility index (Phi) is 3.39. The van der Waals surface area contributed by atoms with Gasteiger partial charge in [0.15, 0.2) is 0 Å². The van der Waals surface area contributed by atoms with E-state index < -0.39 is 0 Å². The number of rotatable bonds is 3. The summed E-state index contributed by atoms with van der Waals surface area (Å²) in [6.45, 7) is 0. The zero-order chi connectivity index (χ0) is 14.7. The molecule has 1 heterocycles. The molecule has 3 rings (SSSR count). The molecule has 3 N–H and O–H groups in total. The highest BCUT2D eigenvalue weighted by Gasteiger charge is 2.07. The number of para-hydroxylation sites is 1. The summed E-state index contributed by atoms with van der Waals surface area (Å²) in [7, 11) is 0. The lowest BCUT2D eigenvalue weighted by atomic mass is 10.0. The lowest BCUT2D eigenvalue weighted by molar-refractivity contribution is 0.102. The van der Waals surface area contributed by atoms with Gasteiger partial charge in [0.05, 0.1) is 11.8 Å². The van der Waals surface area contributed by atoms with Crippen LogP contribution in [0.5, 0.6) is 5.75 Å². The topological polar surface area (TPSA) is 78.0 Å². The van der Waals surface area contributed by atoms with Gasteiger partial charge in [0.2, 0.25) is 0 Å². The monoisotopic (exact) mass is 279 g/mol. The van der Waals surface area contributed by atoms with Crippen LogP contribution in [0.2, 0.25) is 0 Å². The number of benzene rings is 2. The van der Waals surface area contributed by atoms with Crippen molar-refractivity contribution < 1.29 is 9.90 Å². The number of aromatic nitrogens is 2. The van der Waals surface area contributed by atoms with Crippen LogP contribution in [-0.2, 0) is 0 Å². The molecule has 5 heteroatoms. The summed E-state index contributed by atoms with van der Waals surface area (Å²) < 4.78 is 0. The van der Waals surface area contributed by atoms with Gasteiger partial charge in [0.25, 0.3) is 5.91 Å². The zero-order valence-electron chi connectivity index (χ0n) is 11.1. The molecule has 21 heavy (non-hydrogen) atoms. The number of H-pyrrole nitrogens is 1. The van der Waals surface area contributed by atoms with Gasteiger partial charge in [-0.15, -0.1) is 0 Å². The molecule has 3 aromatic rings. The van der Waals surface area contributed by atoms with E-state index in [1.165, 1.54) is 12.4 Å². The van der Waals surface area contributed by atoms with Crippen molar-refractivity contribution in [2.24, 2.45) is 0 Å². The summed E-state index contributed by atoms with van der Waals surface area (Å²) in [5.41, 5.74) is 2.79. The molecule has 0 bridgehead atoms. The van der Waals surface area contributed by atoms with E-state index in [1.54, 1.807) is 24.3 Å². The molecule has 0 aliphatic rings. The van der Waals surface area contributed by atoms with Crippen molar-refractivity contribution in [1.82, 2.24) is 10.2 Å². The van der Waals surface area contributed by atoms with Crippen molar-refractivity contribution in [2.45, 2.75) is 0 Å². The first kappa shape index (κ1) is 12.9. The van der Waals surface area contributed by atoms with E-state index in [0.717, 1.165) is 11.1 Å². The third-order valence-corrected chi connectivity index (χ3v) is 3.12. The fourth-order valence-electron chi connectivity index (χ4n) is 2.03. The van der Waals surface area contributed by atoms with Gasteiger partial charge < -0.3 is 10.4 Å². The maximum absolute atomic E-state index is 11.9. The van der Waals surface area contributed by atoms with Crippen LogP contribution in [0.1, 0.15) is 10.4 Å². The molecule has 0 atom stereocenters. The quantitative estimate of drug-likeness (QED) is 0.689. The summed E-state index contributed by atoms with van der Waals surface area (Å²) in [6, 6.07) is 14.4. The van der Waals surface area contributed by atoms with Gasteiger partial charge in [-0.05, 0) is 23.8 Å². The first-order chi connectivity index (χ1) is 10.2.